The second-order valence-electron chi connectivity index (χ2n) is 8.44. The van der Waals surface area contributed by atoms with Crippen LogP contribution in [0.2, 0.25) is 0 Å². The highest BCUT2D eigenvalue weighted by Gasteiger charge is 2.27. The summed E-state index contributed by atoms with van der Waals surface area (Å²) in [6, 6.07) is 14.8. The Bertz CT molecular complexity index is 1510. The number of rotatable bonds is 7. The quantitative estimate of drug-likeness (QED) is 0.341. The van der Waals surface area contributed by atoms with Crippen molar-refractivity contribution in [1.82, 2.24) is 4.98 Å². The third-order valence-corrected chi connectivity index (χ3v) is 7.03. The van der Waals surface area contributed by atoms with E-state index in [1.54, 1.807) is 29.2 Å². The zero-order valence-electron chi connectivity index (χ0n) is 20.9. The first-order chi connectivity index (χ1) is 18.4. The van der Waals surface area contributed by atoms with Gasteiger partial charge in [-0.2, -0.15) is 0 Å². The number of carbonyl (C=O) groups is 2. The third kappa shape index (κ3) is 4.66. The van der Waals surface area contributed by atoms with Crippen LogP contribution in [-0.4, -0.2) is 44.7 Å². The lowest BCUT2D eigenvalue weighted by atomic mass is 10.1. The predicted molar refractivity (Wildman–Crippen MR) is 143 cm³/mol. The molecule has 1 aliphatic heterocycles. The fourth-order valence-electron chi connectivity index (χ4n) is 4.40. The van der Waals surface area contributed by atoms with Crippen LogP contribution >= 0.6 is 11.3 Å². The molecule has 0 saturated carbocycles. The van der Waals surface area contributed by atoms with Gasteiger partial charge in [0.05, 0.1) is 32.6 Å². The standard InChI is InChI=1S/C28H24FN3O5S/c1-35-23-13-18(14-24(36-2)25(23)37-3)26(33)31-28-30-21(15-38-28)16-8-9-22-17(12-16)10-11-32(22)27(34)19-6-4-5-7-20(19)29/h4-9,12-15H,10-11H2,1-3H3,(H,30,31,33). The van der Waals surface area contributed by atoms with Gasteiger partial charge >= 0.3 is 0 Å². The maximum atomic E-state index is 14.2. The molecule has 0 aliphatic carbocycles. The molecule has 3 aromatic carbocycles. The molecule has 0 saturated heterocycles. The molecule has 0 atom stereocenters. The first-order valence-corrected chi connectivity index (χ1v) is 12.6. The highest BCUT2D eigenvalue weighted by atomic mass is 32.1. The molecule has 5 rings (SSSR count). The van der Waals surface area contributed by atoms with Crippen molar-refractivity contribution in [2.24, 2.45) is 0 Å². The average Bonchev–Trinajstić information content (AvgIpc) is 3.58. The molecule has 38 heavy (non-hydrogen) atoms. The number of hydrogen-bond donors (Lipinski definition) is 1. The van der Waals surface area contributed by atoms with Crippen LogP contribution in [0.25, 0.3) is 11.3 Å². The number of amides is 2. The van der Waals surface area contributed by atoms with Crippen molar-refractivity contribution in [2.75, 3.05) is 38.1 Å². The van der Waals surface area contributed by atoms with Gasteiger partial charge in [0.1, 0.15) is 5.82 Å². The number of methoxy groups -OCH3 is 3. The topological polar surface area (TPSA) is 90.0 Å². The van der Waals surface area contributed by atoms with E-state index in [4.69, 9.17) is 14.2 Å². The molecule has 1 N–H and O–H groups in total. The van der Waals surface area contributed by atoms with E-state index in [9.17, 15) is 14.0 Å². The van der Waals surface area contributed by atoms with Gasteiger partial charge in [-0.3, -0.25) is 14.9 Å². The molecular weight excluding hydrogens is 509 g/mol. The maximum absolute atomic E-state index is 14.2. The molecule has 4 aromatic rings. The molecule has 1 aromatic heterocycles. The van der Waals surface area contributed by atoms with Crippen LogP contribution in [-0.2, 0) is 6.42 Å². The smallest absolute Gasteiger partial charge is 0.261 e. The van der Waals surface area contributed by atoms with Gasteiger partial charge in [0.15, 0.2) is 16.6 Å². The monoisotopic (exact) mass is 533 g/mol. The Balaban J connectivity index is 1.34. The molecule has 0 fully saturated rings. The molecule has 194 valence electrons. The first-order valence-electron chi connectivity index (χ1n) is 11.7. The third-order valence-electron chi connectivity index (χ3n) is 6.27. The molecule has 0 unspecified atom stereocenters. The Hall–Kier alpha value is -4.44. The number of nitrogens with zero attached hydrogens (tertiary/aromatic N) is 2. The lowest BCUT2D eigenvalue weighted by Gasteiger charge is -2.18. The van der Waals surface area contributed by atoms with Gasteiger partial charge in [-0.1, -0.05) is 18.2 Å². The van der Waals surface area contributed by atoms with E-state index in [1.165, 1.54) is 44.8 Å². The minimum atomic E-state index is -0.536. The number of halogens is 1. The second kappa shape index (κ2) is 10.5. The van der Waals surface area contributed by atoms with Gasteiger partial charge in [0, 0.05) is 28.7 Å². The zero-order valence-corrected chi connectivity index (χ0v) is 21.7. The summed E-state index contributed by atoms with van der Waals surface area (Å²) < 4.78 is 30.1. The van der Waals surface area contributed by atoms with Crippen LogP contribution < -0.4 is 24.4 Å². The fraction of sp³-hybridized carbons (Fsp3) is 0.179. The van der Waals surface area contributed by atoms with Crippen LogP contribution in [0.5, 0.6) is 17.2 Å². The van der Waals surface area contributed by atoms with Crippen molar-refractivity contribution in [3.8, 4) is 28.5 Å². The number of anilines is 2. The van der Waals surface area contributed by atoms with Crippen LogP contribution in [0.15, 0.2) is 60.0 Å². The van der Waals surface area contributed by atoms with Gasteiger partial charge in [0.25, 0.3) is 11.8 Å². The predicted octanol–water partition coefficient (Wildman–Crippen LogP) is 5.43. The summed E-state index contributed by atoms with van der Waals surface area (Å²) in [5.74, 6) is -0.128. The largest absolute Gasteiger partial charge is 0.493 e. The number of hydrogen-bond acceptors (Lipinski definition) is 7. The van der Waals surface area contributed by atoms with Crippen molar-refractivity contribution >= 4 is 34.0 Å². The summed E-state index contributed by atoms with van der Waals surface area (Å²) in [5.41, 5.74) is 3.66. The van der Waals surface area contributed by atoms with Crippen LogP contribution in [0.3, 0.4) is 0 Å². The van der Waals surface area contributed by atoms with Crippen molar-refractivity contribution in [1.29, 1.82) is 0 Å². The lowest BCUT2D eigenvalue weighted by molar-refractivity contribution is 0.0984. The molecule has 1 aliphatic rings. The molecule has 2 amide bonds. The van der Waals surface area contributed by atoms with Gasteiger partial charge in [-0.05, 0) is 48.4 Å². The highest BCUT2D eigenvalue weighted by Crippen LogP contribution is 2.39. The SMILES string of the molecule is COc1cc(C(=O)Nc2nc(-c3ccc4c(c3)CCN4C(=O)c3ccccc3F)cs2)cc(OC)c1OC. The van der Waals surface area contributed by atoms with E-state index >= 15 is 0 Å². The summed E-state index contributed by atoms with van der Waals surface area (Å²) in [6.07, 6.45) is 0.651. The molecule has 8 nitrogen and oxygen atoms in total. The Morgan fingerprint density at radius 1 is 1.00 bits per heavy atom. The Labute approximate surface area is 222 Å². The first kappa shape index (κ1) is 25.2. The van der Waals surface area contributed by atoms with Crippen molar-refractivity contribution in [2.45, 2.75) is 6.42 Å². The van der Waals surface area contributed by atoms with E-state index in [1.807, 2.05) is 23.6 Å². The molecule has 0 radical (unpaired) electrons. The molecule has 0 spiro atoms. The summed E-state index contributed by atoms with van der Waals surface area (Å²) in [6.45, 7) is 0.471. The number of fused-ring (bicyclic) bond motifs is 1. The fourth-order valence-corrected chi connectivity index (χ4v) is 5.11. The highest BCUT2D eigenvalue weighted by molar-refractivity contribution is 7.14. The van der Waals surface area contributed by atoms with E-state index < -0.39 is 5.82 Å². The van der Waals surface area contributed by atoms with Crippen molar-refractivity contribution in [3.05, 3.63) is 82.5 Å². The van der Waals surface area contributed by atoms with E-state index in [0.29, 0.717) is 46.6 Å². The van der Waals surface area contributed by atoms with Crippen molar-refractivity contribution in [3.63, 3.8) is 0 Å². The average molecular weight is 534 g/mol. The van der Waals surface area contributed by atoms with E-state index in [2.05, 4.69) is 10.3 Å². The summed E-state index contributed by atoms with van der Waals surface area (Å²) in [5, 5.41) is 5.09. The second-order valence-corrected chi connectivity index (χ2v) is 9.29. The minimum Gasteiger partial charge on any atom is -0.493 e. The number of benzene rings is 3. The lowest BCUT2D eigenvalue weighted by Crippen LogP contribution is -2.29. The number of aromatic nitrogens is 1. The zero-order chi connectivity index (χ0) is 26.8. The number of carbonyl (C=O) groups excluding carboxylic acids is 2. The van der Waals surface area contributed by atoms with E-state index in [0.717, 1.165) is 16.8 Å². The van der Waals surface area contributed by atoms with Gasteiger partial charge in [-0.25, -0.2) is 9.37 Å². The van der Waals surface area contributed by atoms with Crippen LogP contribution in [0, 0.1) is 5.82 Å². The number of nitrogens with one attached hydrogen (secondary N) is 1. The van der Waals surface area contributed by atoms with Gasteiger partial charge in [0.2, 0.25) is 5.75 Å². The van der Waals surface area contributed by atoms with E-state index in [-0.39, 0.29) is 17.4 Å². The van der Waals surface area contributed by atoms with Crippen molar-refractivity contribution < 1.29 is 28.2 Å². The summed E-state index contributed by atoms with van der Waals surface area (Å²) >= 11 is 1.30. The normalized spacial score (nSPS) is 12.2. The summed E-state index contributed by atoms with van der Waals surface area (Å²) in [7, 11) is 4.46. The number of ether oxygens (including phenoxy) is 3. The molecular formula is C28H24FN3O5S. The van der Waals surface area contributed by atoms with Crippen LogP contribution in [0.4, 0.5) is 15.2 Å². The minimum absolute atomic E-state index is 0.0522. The van der Waals surface area contributed by atoms with Gasteiger partial charge in [-0.15, -0.1) is 11.3 Å². The molecule has 0 bridgehead atoms. The molecule has 10 heteroatoms. The molecule has 2 heterocycles. The Kier molecular flexibility index (Phi) is 6.97. The van der Waals surface area contributed by atoms with Gasteiger partial charge < -0.3 is 19.1 Å². The summed E-state index contributed by atoms with van der Waals surface area (Å²) in [4.78, 5) is 32.0. The maximum Gasteiger partial charge on any atom is 0.261 e. The Morgan fingerprint density at radius 3 is 2.42 bits per heavy atom. The number of thiazole rings is 1. The van der Waals surface area contributed by atoms with Crippen LogP contribution in [0.1, 0.15) is 26.3 Å². The Morgan fingerprint density at radius 2 is 1.74 bits per heavy atom.